The summed E-state index contributed by atoms with van der Waals surface area (Å²) in [4.78, 5) is 0. The fourth-order valence-electron chi connectivity index (χ4n) is 3.45. The van der Waals surface area contributed by atoms with Crippen LogP contribution in [0.4, 0.5) is 0 Å². The van der Waals surface area contributed by atoms with Gasteiger partial charge in [0.15, 0.2) is 6.29 Å². The van der Waals surface area contributed by atoms with Crippen molar-refractivity contribution in [3.63, 3.8) is 0 Å². The van der Waals surface area contributed by atoms with Crippen molar-refractivity contribution >= 4 is 12.6 Å². The summed E-state index contributed by atoms with van der Waals surface area (Å²) in [6, 6.07) is 0. The van der Waals surface area contributed by atoms with Crippen molar-refractivity contribution in [2.24, 2.45) is 0 Å². The first-order valence-electron chi connectivity index (χ1n) is 11.7. The first kappa shape index (κ1) is 27.9. The van der Waals surface area contributed by atoms with E-state index < -0.39 is 6.29 Å². The lowest BCUT2D eigenvalue weighted by Gasteiger charge is -2.12. The Kier molecular flexibility index (Phi) is 23.2. The standard InChI is InChI=1S/C23H47NO3S/c25-22(24-20-16-13-17-21-28)18-14-11-9-7-5-3-1-2-4-6-8-10-12-15-19-23(26)27/h17,21-28H,1-16,18-20H2/b21-17-. The zero-order valence-corrected chi connectivity index (χ0v) is 18.9. The van der Waals surface area contributed by atoms with Gasteiger partial charge in [0.2, 0.25) is 0 Å². The van der Waals surface area contributed by atoms with E-state index in [1.54, 1.807) is 5.41 Å². The maximum Gasteiger partial charge on any atom is 0.151 e. The number of allylic oxidation sites excluding steroid dienone is 1. The quantitative estimate of drug-likeness (QED) is 0.0894. The third kappa shape index (κ3) is 24.0. The third-order valence-corrected chi connectivity index (χ3v) is 5.43. The van der Waals surface area contributed by atoms with Crippen molar-refractivity contribution in [3.05, 3.63) is 11.5 Å². The lowest BCUT2D eigenvalue weighted by molar-refractivity contribution is -0.0466. The van der Waals surface area contributed by atoms with E-state index in [-0.39, 0.29) is 6.23 Å². The van der Waals surface area contributed by atoms with E-state index in [2.05, 4.69) is 17.9 Å². The topological polar surface area (TPSA) is 72.7 Å². The van der Waals surface area contributed by atoms with Gasteiger partial charge >= 0.3 is 0 Å². The van der Waals surface area contributed by atoms with Crippen LogP contribution in [0.15, 0.2) is 11.5 Å². The summed E-state index contributed by atoms with van der Waals surface area (Å²) >= 11 is 4.02. The Balaban J connectivity index is 3.11. The number of nitrogens with one attached hydrogen (secondary N) is 1. The van der Waals surface area contributed by atoms with E-state index in [4.69, 9.17) is 10.2 Å². The predicted molar refractivity (Wildman–Crippen MR) is 123 cm³/mol. The van der Waals surface area contributed by atoms with Gasteiger partial charge in [0.1, 0.15) is 6.23 Å². The Bertz CT molecular complexity index is 327. The minimum absolute atomic E-state index is 0.346. The van der Waals surface area contributed by atoms with E-state index in [0.29, 0.717) is 6.42 Å². The average Bonchev–Trinajstić information content (AvgIpc) is 2.67. The SMILES string of the molecule is OC(O)CCCCCCCCCCCCCCCCC(O)NCCC/C=C\S. The molecular weight excluding hydrogens is 370 g/mol. The summed E-state index contributed by atoms with van der Waals surface area (Å²) in [5.74, 6) is 0. The lowest BCUT2D eigenvalue weighted by Crippen LogP contribution is -2.29. The summed E-state index contributed by atoms with van der Waals surface area (Å²) in [6.07, 6.45) is 21.6. The molecule has 0 aromatic carbocycles. The lowest BCUT2D eigenvalue weighted by atomic mass is 10.0. The molecule has 0 rings (SSSR count). The molecule has 0 bridgehead atoms. The molecule has 0 fully saturated rings. The number of hydrogen-bond donors (Lipinski definition) is 5. The second-order valence-corrected chi connectivity index (χ2v) is 8.30. The summed E-state index contributed by atoms with van der Waals surface area (Å²) in [5.41, 5.74) is 0. The minimum atomic E-state index is -1.12. The molecule has 0 aliphatic heterocycles. The maximum atomic E-state index is 9.87. The Morgan fingerprint density at radius 3 is 1.46 bits per heavy atom. The number of thiol groups is 1. The highest BCUT2D eigenvalue weighted by molar-refractivity contribution is 7.83. The smallest absolute Gasteiger partial charge is 0.151 e. The summed E-state index contributed by atoms with van der Waals surface area (Å²) < 4.78 is 0. The highest BCUT2D eigenvalue weighted by Gasteiger charge is 2.02. The van der Waals surface area contributed by atoms with E-state index in [1.807, 2.05) is 6.08 Å². The molecule has 0 spiro atoms. The molecule has 4 N–H and O–H groups in total. The van der Waals surface area contributed by atoms with Gasteiger partial charge in [-0.3, -0.25) is 5.32 Å². The van der Waals surface area contributed by atoms with Crippen LogP contribution in [-0.2, 0) is 0 Å². The second-order valence-electron chi connectivity index (χ2n) is 8.00. The Hall–Kier alpha value is -0.0700. The Labute approximate surface area is 179 Å². The third-order valence-electron chi connectivity index (χ3n) is 5.22. The first-order valence-corrected chi connectivity index (χ1v) is 12.2. The van der Waals surface area contributed by atoms with Crippen LogP contribution in [0.5, 0.6) is 0 Å². The van der Waals surface area contributed by atoms with Crippen molar-refractivity contribution in [1.82, 2.24) is 5.32 Å². The van der Waals surface area contributed by atoms with Crippen LogP contribution in [0.2, 0.25) is 0 Å². The molecule has 4 nitrogen and oxygen atoms in total. The molecule has 5 heteroatoms. The fourth-order valence-corrected chi connectivity index (χ4v) is 3.60. The summed E-state index contributed by atoms with van der Waals surface area (Å²) in [7, 11) is 0. The van der Waals surface area contributed by atoms with Crippen molar-refractivity contribution in [2.45, 2.75) is 128 Å². The van der Waals surface area contributed by atoms with Gasteiger partial charge in [0, 0.05) is 0 Å². The fraction of sp³-hybridized carbons (Fsp3) is 0.913. The predicted octanol–water partition coefficient (Wildman–Crippen LogP) is 5.67. The van der Waals surface area contributed by atoms with Crippen LogP contribution in [0.25, 0.3) is 0 Å². The molecule has 0 aromatic rings. The highest BCUT2D eigenvalue weighted by Crippen LogP contribution is 2.14. The normalized spacial score (nSPS) is 13.0. The van der Waals surface area contributed by atoms with Crippen LogP contribution in [0, 0.1) is 0 Å². The molecule has 0 aromatic heterocycles. The monoisotopic (exact) mass is 417 g/mol. The number of unbranched alkanes of at least 4 members (excludes halogenated alkanes) is 14. The molecule has 0 saturated heterocycles. The first-order chi connectivity index (χ1) is 13.7. The number of rotatable bonds is 22. The molecule has 0 heterocycles. The summed E-state index contributed by atoms with van der Waals surface area (Å²) in [5, 5.41) is 32.3. The van der Waals surface area contributed by atoms with Gasteiger partial charge in [-0.2, -0.15) is 12.6 Å². The van der Waals surface area contributed by atoms with E-state index in [9.17, 15) is 5.11 Å². The van der Waals surface area contributed by atoms with Crippen LogP contribution in [0.1, 0.15) is 116 Å². The maximum absolute atomic E-state index is 9.87. The van der Waals surface area contributed by atoms with Gasteiger partial charge in [0.25, 0.3) is 0 Å². The number of aliphatic hydroxyl groups is 3. The minimum Gasteiger partial charge on any atom is -0.379 e. The van der Waals surface area contributed by atoms with Gasteiger partial charge in [-0.05, 0) is 50.5 Å². The largest absolute Gasteiger partial charge is 0.379 e. The van der Waals surface area contributed by atoms with Crippen LogP contribution in [-0.4, -0.2) is 34.4 Å². The van der Waals surface area contributed by atoms with Gasteiger partial charge in [0.05, 0.1) is 0 Å². The molecule has 28 heavy (non-hydrogen) atoms. The summed E-state index contributed by atoms with van der Waals surface area (Å²) in [6.45, 7) is 0.868. The molecular formula is C23H47NO3S. The molecule has 0 radical (unpaired) electrons. The van der Waals surface area contributed by atoms with Crippen molar-refractivity contribution in [1.29, 1.82) is 0 Å². The van der Waals surface area contributed by atoms with E-state index in [0.717, 1.165) is 45.1 Å². The van der Waals surface area contributed by atoms with Gasteiger partial charge < -0.3 is 15.3 Å². The molecule has 168 valence electrons. The second kappa shape index (κ2) is 23.2. The van der Waals surface area contributed by atoms with Crippen molar-refractivity contribution < 1.29 is 15.3 Å². The van der Waals surface area contributed by atoms with Crippen molar-refractivity contribution in [3.8, 4) is 0 Å². The number of aliphatic hydroxyl groups excluding tert-OH is 2. The highest BCUT2D eigenvalue weighted by atomic mass is 32.1. The molecule has 1 atom stereocenters. The Morgan fingerprint density at radius 1 is 0.607 bits per heavy atom. The van der Waals surface area contributed by atoms with E-state index >= 15 is 0 Å². The number of hydrogen-bond acceptors (Lipinski definition) is 5. The molecule has 0 aliphatic rings. The van der Waals surface area contributed by atoms with Gasteiger partial charge in [-0.1, -0.05) is 83.1 Å². The molecule has 1 unspecified atom stereocenters. The van der Waals surface area contributed by atoms with Gasteiger partial charge in [-0.15, -0.1) is 0 Å². The van der Waals surface area contributed by atoms with Crippen LogP contribution < -0.4 is 5.32 Å². The zero-order chi connectivity index (χ0) is 20.7. The van der Waals surface area contributed by atoms with Crippen molar-refractivity contribution in [2.75, 3.05) is 6.54 Å². The van der Waals surface area contributed by atoms with Crippen LogP contribution >= 0.6 is 12.6 Å². The van der Waals surface area contributed by atoms with E-state index in [1.165, 1.54) is 70.6 Å². The Morgan fingerprint density at radius 2 is 1.04 bits per heavy atom. The molecule has 0 amide bonds. The van der Waals surface area contributed by atoms with Crippen LogP contribution in [0.3, 0.4) is 0 Å². The molecule has 0 aliphatic carbocycles. The average molecular weight is 418 g/mol. The zero-order valence-electron chi connectivity index (χ0n) is 18.0. The molecule has 0 saturated carbocycles. The van der Waals surface area contributed by atoms with Gasteiger partial charge in [-0.25, -0.2) is 0 Å².